The van der Waals surface area contributed by atoms with Gasteiger partial charge in [0.2, 0.25) is 0 Å². The van der Waals surface area contributed by atoms with Gasteiger partial charge in [-0.15, -0.1) is 0 Å². The van der Waals surface area contributed by atoms with Gasteiger partial charge in [-0.1, -0.05) is 6.58 Å². The predicted molar refractivity (Wildman–Crippen MR) is 41.0 cm³/mol. The summed E-state index contributed by atoms with van der Waals surface area (Å²) in [7, 11) is 0. The Hall–Kier alpha value is -1.18. The second kappa shape index (κ2) is 2.60. The number of carbonyl (C=O) groups is 1. The van der Waals surface area contributed by atoms with E-state index in [0.717, 1.165) is 12.0 Å². The molecule has 1 saturated carbocycles. The van der Waals surface area contributed by atoms with Crippen LogP contribution in [-0.4, -0.2) is 12.5 Å². The molecule has 10 heavy (non-hydrogen) atoms. The molecule has 0 unspecified atom stereocenters. The van der Waals surface area contributed by atoms with Gasteiger partial charge in [0, 0.05) is 18.2 Å². The highest BCUT2D eigenvalue weighted by Crippen LogP contribution is 2.25. The van der Waals surface area contributed by atoms with E-state index < -0.39 is 0 Å². The minimum Gasteiger partial charge on any atom is -0.294 e. The van der Waals surface area contributed by atoms with Crippen LogP contribution in [0.4, 0.5) is 0 Å². The highest BCUT2D eigenvalue weighted by Gasteiger charge is 2.19. The lowest BCUT2D eigenvalue weighted by molar-refractivity contribution is -0.114. The van der Waals surface area contributed by atoms with E-state index in [2.05, 4.69) is 18.3 Å². The Morgan fingerprint density at radius 2 is 2.20 bits per heavy atom. The summed E-state index contributed by atoms with van der Waals surface area (Å²) in [5.41, 5.74) is 1.53. The first-order valence-corrected chi connectivity index (χ1v) is 3.13. The Morgan fingerprint density at radius 1 is 1.50 bits per heavy atom. The third-order valence-corrected chi connectivity index (χ3v) is 1.59. The van der Waals surface area contributed by atoms with Crippen LogP contribution in [0, 0.1) is 0 Å². The first-order chi connectivity index (χ1) is 4.75. The third kappa shape index (κ3) is 1.05. The molecule has 0 aliphatic heterocycles. The van der Waals surface area contributed by atoms with Crippen LogP contribution in [0.15, 0.2) is 28.9 Å². The molecule has 0 aromatic heterocycles. The van der Waals surface area contributed by atoms with Crippen molar-refractivity contribution in [2.45, 2.75) is 12.8 Å². The fourth-order valence-electron chi connectivity index (χ4n) is 0.982. The topological polar surface area (TPSA) is 29.4 Å². The van der Waals surface area contributed by atoms with Crippen molar-refractivity contribution in [2.24, 2.45) is 4.99 Å². The summed E-state index contributed by atoms with van der Waals surface area (Å²) in [4.78, 5) is 14.4. The monoisotopic (exact) mass is 135 g/mol. The van der Waals surface area contributed by atoms with Crippen LogP contribution < -0.4 is 0 Å². The van der Waals surface area contributed by atoms with Gasteiger partial charge in [-0.2, -0.15) is 0 Å². The van der Waals surface area contributed by atoms with Crippen molar-refractivity contribution < 1.29 is 4.79 Å². The van der Waals surface area contributed by atoms with Crippen molar-refractivity contribution in [1.29, 1.82) is 0 Å². The first-order valence-electron chi connectivity index (χ1n) is 3.13. The highest BCUT2D eigenvalue weighted by atomic mass is 16.1. The van der Waals surface area contributed by atoms with E-state index in [1.165, 1.54) is 0 Å². The zero-order valence-electron chi connectivity index (χ0n) is 5.76. The van der Waals surface area contributed by atoms with Crippen LogP contribution in [0.25, 0.3) is 0 Å². The molecule has 1 fully saturated rings. The van der Waals surface area contributed by atoms with Crippen molar-refractivity contribution in [1.82, 2.24) is 0 Å². The van der Waals surface area contributed by atoms with Crippen molar-refractivity contribution in [3.63, 3.8) is 0 Å². The Balaban J connectivity index is 2.85. The van der Waals surface area contributed by atoms with Crippen LogP contribution >= 0.6 is 0 Å². The van der Waals surface area contributed by atoms with Gasteiger partial charge in [0.15, 0.2) is 5.78 Å². The number of nitrogens with zero attached hydrogens (tertiary/aromatic N) is 1. The molecule has 0 spiro atoms. The van der Waals surface area contributed by atoms with E-state index in [9.17, 15) is 4.79 Å². The second-order valence-corrected chi connectivity index (χ2v) is 2.24. The number of carbonyl (C=O) groups excluding carboxylic acids is 1. The summed E-state index contributed by atoms with van der Waals surface area (Å²) in [6, 6.07) is 0. The molecule has 0 aromatic carbocycles. The Labute approximate surface area is 60.0 Å². The van der Waals surface area contributed by atoms with Gasteiger partial charge in [0.05, 0.1) is 0 Å². The lowest BCUT2D eigenvalue weighted by Crippen LogP contribution is -1.89. The predicted octanol–water partition coefficient (Wildman–Crippen LogP) is 1.49. The number of ketones is 1. The Morgan fingerprint density at radius 3 is 2.60 bits per heavy atom. The van der Waals surface area contributed by atoms with Crippen LogP contribution in [0.2, 0.25) is 0 Å². The molecule has 0 heterocycles. The molecule has 0 saturated heterocycles. The van der Waals surface area contributed by atoms with E-state index in [4.69, 9.17) is 0 Å². The van der Waals surface area contributed by atoms with Crippen molar-refractivity contribution in [2.75, 3.05) is 0 Å². The number of hydrogen-bond donors (Lipinski definition) is 0. The smallest absolute Gasteiger partial charge is 0.162 e. The summed E-state index contributed by atoms with van der Waals surface area (Å²) >= 11 is 0. The van der Waals surface area contributed by atoms with Gasteiger partial charge < -0.3 is 0 Å². The van der Waals surface area contributed by atoms with Crippen LogP contribution in [0.3, 0.4) is 0 Å². The van der Waals surface area contributed by atoms with Gasteiger partial charge in [-0.3, -0.25) is 9.79 Å². The number of hydrogen-bond acceptors (Lipinski definition) is 2. The molecule has 0 bridgehead atoms. The molecule has 0 N–H and O–H groups in total. The Kier molecular flexibility index (Phi) is 1.81. The fourth-order valence-corrected chi connectivity index (χ4v) is 0.982. The summed E-state index contributed by atoms with van der Waals surface area (Å²) in [5.74, 6) is 0.134. The molecular formula is C8H9NO. The lowest BCUT2D eigenvalue weighted by Gasteiger charge is -1.90. The molecule has 0 aromatic rings. The van der Waals surface area contributed by atoms with E-state index in [-0.39, 0.29) is 5.78 Å². The normalized spacial score (nSPS) is 22.2. The number of Topliss-reactive ketones (excluding diaryl/α,β-unsaturated/α-hetero) is 1. The first kappa shape index (κ1) is 6.93. The standard InChI is InChI=1S/C8H9NO/c1-6-7(5-9-2)3-4-8(6)10/h5H,1-4H2/b7-5-. The van der Waals surface area contributed by atoms with E-state index in [1.54, 1.807) is 6.20 Å². The van der Waals surface area contributed by atoms with Gasteiger partial charge in [0.1, 0.15) is 0 Å². The summed E-state index contributed by atoms with van der Waals surface area (Å²) in [6.07, 6.45) is 2.96. The molecular weight excluding hydrogens is 126 g/mol. The van der Waals surface area contributed by atoms with Gasteiger partial charge in [0.25, 0.3) is 0 Å². The SMILES string of the molecule is C=N/C=C1/CCC(=O)C1=C. The van der Waals surface area contributed by atoms with Gasteiger partial charge in [-0.05, 0) is 18.7 Å². The van der Waals surface area contributed by atoms with E-state index in [1.807, 2.05) is 0 Å². The minimum atomic E-state index is 0.134. The van der Waals surface area contributed by atoms with Crippen molar-refractivity contribution in [3.8, 4) is 0 Å². The van der Waals surface area contributed by atoms with E-state index >= 15 is 0 Å². The molecule has 2 nitrogen and oxygen atoms in total. The lowest BCUT2D eigenvalue weighted by atomic mass is 10.2. The molecule has 1 rings (SSSR count). The summed E-state index contributed by atoms with van der Waals surface area (Å²) in [6.45, 7) is 6.93. The fraction of sp³-hybridized carbons (Fsp3) is 0.250. The second-order valence-electron chi connectivity index (χ2n) is 2.24. The average Bonchev–Trinajstić information content (AvgIpc) is 2.20. The molecule has 1 aliphatic rings. The quantitative estimate of drug-likeness (QED) is 0.395. The van der Waals surface area contributed by atoms with Crippen LogP contribution in [0.1, 0.15) is 12.8 Å². The summed E-state index contributed by atoms with van der Waals surface area (Å²) < 4.78 is 0. The highest BCUT2D eigenvalue weighted by molar-refractivity contribution is 6.02. The van der Waals surface area contributed by atoms with Gasteiger partial charge >= 0.3 is 0 Å². The van der Waals surface area contributed by atoms with E-state index in [0.29, 0.717) is 12.0 Å². The zero-order valence-corrected chi connectivity index (χ0v) is 5.76. The summed E-state index contributed by atoms with van der Waals surface area (Å²) in [5, 5.41) is 0. The zero-order chi connectivity index (χ0) is 7.56. The van der Waals surface area contributed by atoms with Crippen molar-refractivity contribution in [3.05, 3.63) is 23.9 Å². The molecule has 0 atom stereocenters. The van der Waals surface area contributed by atoms with Gasteiger partial charge in [-0.25, -0.2) is 0 Å². The molecule has 0 amide bonds. The molecule has 0 radical (unpaired) electrons. The van der Waals surface area contributed by atoms with Crippen molar-refractivity contribution >= 4 is 12.5 Å². The van der Waals surface area contributed by atoms with Crippen LogP contribution in [0.5, 0.6) is 0 Å². The molecule has 52 valence electrons. The maximum Gasteiger partial charge on any atom is 0.162 e. The average molecular weight is 135 g/mol. The minimum absolute atomic E-state index is 0.134. The number of allylic oxidation sites excluding steroid dienone is 2. The largest absolute Gasteiger partial charge is 0.294 e. The molecule has 1 aliphatic carbocycles. The maximum absolute atomic E-state index is 10.9. The third-order valence-electron chi connectivity index (χ3n) is 1.59. The number of rotatable bonds is 1. The number of aliphatic imine (C=N–C) groups is 1. The van der Waals surface area contributed by atoms with Crippen LogP contribution in [-0.2, 0) is 4.79 Å². The molecule has 2 heteroatoms. The Bertz CT molecular complexity index is 225. The maximum atomic E-state index is 10.9.